The van der Waals surface area contributed by atoms with Gasteiger partial charge < -0.3 is 10.1 Å². The van der Waals surface area contributed by atoms with Crippen molar-refractivity contribution in [1.29, 1.82) is 0 Å². The first-order valence-electron chi connectivity index (χ1n) is 7.14. The van der Waals surface area contributed by atoms with Crippen molar-refractivity contribution < 1.29 is 9.53 Å². The first-order valence-corrected chi connectivity index (χ1v) is 7.14. The van der Waals surface area contributed by atoms with E-state index in [-0.39, 0.29) is 5.91 Å². The fourth-order valence-electron chi connectivity index (χ4n) is 2.25. The molecule has 0 radical (unpaired) electrons. The van der Waals surface area contributed by atoms with Crippen LogP contribution >= 0.6 is 0 Å². The molecule has 0 aliphatic rings. The van der Waals surface area contributed by atoms with Gasteiger partial charge in [0.15, 0.2) is 0 Å². The van der Waals surface area contributed by atoms with Gasteiger partial charge in [-0.1, -0.05) is 55.5 Å². The number of carbonyl (C=O) groups is 1. The Morgan fingerprint density at radius 1 is 1.10 bits per heavy atom. The third-order valence-electron chi connectivity index (χ3n) is 3.52. The molecule has 0 saturated heterocycles. The number of rotatable bonds is 6. The number of benzene rings is 2. The van der Waals surface area contributed by atoms with Gasteiger partial charge in [0.05, 0.1) is 13.5 Å². The summed E-state index contributed by atoms with van der Waals surface area (Å²) in [6, 6.07) is 17.8. The van der Waals surface area contributed by atoms with Crippen molar-refractivity contribution in [3.8, 4) is 5.75 Å². The summed E-state index contributed by atoms with van der Waals surface area (Å²) in [4.78, 5) is 12.0. The van der Waals surface area contributed by atoms with Gasteiger partial charge in [0.2, 0.25) is 5.91 Å². The van der Waals surface area contributed by atoms with E-state index in [2.05, 4.69) is 24.4 Å². The number of methoxy groups -OCH3 is 1. The maximum Gasteiger partial charge on any atom is 0.224 e. The average molecular weight is 283 g/mol. The van der Waals surface area contributed by atoms with Crippen LogP contribution in [-0.4, -0.2) is 19.6 Å². The molecule has 0 heterocycles. The standard InChI is InChI=1S/C18H21NO2/c1-14(15-8-4-3-5-9-15)13-19-18(20)12-16-10-6-7-11-17(16)21-2/h3-11,14H,12-13H2,1-2H3,(H,19,20)/t14-/m0/s1. The Morgan fingerprint density at radius 3 is 2.48 bits per heavy atom. The molecule has 0 spiro atoms. The van der Waals surface area contributed by atoms with Gasteiger partial charge >= 0.3 is 0 Å². The molecule has 0 aliphatic carbocycles. The second-order valence-corrected chi connectivity index (χ2v) is 5.10. The fraction of sp³-hybridized carbons (Fsp3) is 0.278. The Kier molecular flexibility index (Phi) is 5.38. The SMILES string of the molecule is COc1ccccc1CC(=O)NC[C@H](C)c1ccccc1. The van der Waals surface area contributed by atoms with E-state index in [1.54, 1.807) is 7.11 Å². The molecular formula is C18H21NO2. The molecule has 21 heavy (non-hydrogen) atoms. The van der Waals surface area contributed by atoms with Crippen LogP contribution in [0.25, 0.3) is 0 Å². The molecule has 2 aromatic rings. The van der Waals surface area contributed by atoms with E-state index in [0.29, 0.717) is 18.9 Å². The number of nitrogens with one attached hydrogen (secondary N) is 1. The molecule has 0 bridgehead atoms. The zero-order valence-electron chi connectivity index (χ0n) is 12.5. The lowest BCUT2D eigenvalue weighted by Gasteiger charge is -2.13. The summed E-state index contributed by atoms with van der Waals surface area (Å²) in [5, 5.41) is 2.99. The van der Waals surface area contributed by atoms with Crippen molar-refractivity contribution in [1.82, 2.24) is 5.32 Å². The zero-order chi connectivity index (χ0) is 15.1. The number of hydrogen-bond donors (Lipinski definition) is 1. The van der Waals surface area contributed by atoms with Gasteiger partial charge in [0, 0.05) is 12.1 Å². The van der Waals surface area contributed by atoms with Gasteiger partial charge in [0.1, 0.15) is 5.75 Å². The molecule has 3 nitrogen and oxygen atoms in total. The Hall–Kier alpha value is -2.29. The molecule has 0 unspecified atom stereocenters. The van der Waals surface area contributed by atoms with E-state index < -0.39 is 0 Å². The molecule has 0 saturated carbocycles. The predicted octanol–water partition coefficient (Wildman–Crippen LogP) is 3.16. The van der Waals surface area contributed by atoms with Gasteiger partial charge in [-0.15, -0.1) is 0 Å². The van der Waals surface area contributed by atoms with Crippen molar-refractivity contribution in [3.63, 3.8) is 0 Å². The smallest absolute Gasteiger partial charge is 0.224 e. The molecule has 0 fully saturated rings. The van der Waals surface area contributed by atoms with Gasteiger partial charge in [-0.3, -0.25) is 4.79 Å². The van der Waals surface area contributed by atoms with E-state index >= 15 is 0 Å². The van der Waals surface area contributed by atoms with Crippen LogP contribution in [0.1, 0.15) is 24.0 Å². The molecule has 2 aromatic carbocycles. The highest BCUT2D eigenvalue weighted by Crippen LogP contribution is 2.18. The first-order chi connectivity index (χ1) is 10.2. The largest absolute Gasteiger partial charge is 0.496 e. The van der Waals surface area contributed by atoms with Crippen LogP contribution in [0.5, 0.6) is 5.75 Å². The highest BCUT2D eigenvalue weighted by atomic mass is 16.5. The fourth-order valence-corrected chi connectivity index (χ4v) is 2.25. The molecule has 3 heteroatoms. The Bertz CT molecular complexity index is 581. The average Bonchev–Trinajstić information content (AvgIpc) is 2.54. The molecule has 2 rings (SSSR count). The van der Waals surface area contributed by atoms with Crippen LogP contribution in [0.4, 0.5) is 0 Å². The van der Waals surface area contributed by atoms with Crippen molar-refractivity contribution in [2.75, 3.05) is 13.7 Å². The lowest BCUT2D eigenvalue weighted by Crippen LogP contribution is -2.29. The molecule has 1 amide bonds. The van der Waals surface area contributed by atoms with Gasteiger partial charge in [-0.25, -0.2) is 0 Å². The topological polar surface area (TPSA) is 38.3 Å². The van der Waals surface area contributed by atoms with E-state index in [1.165, 1.54) is 5.56 Å². The Balaban J connectivity index is 1.88. The summed E-state index contributed by atoms with van der Waals surface area (Å²) in [5.41, 5.74) is 2.14. The maximum absolute atomic E-state index is 12.0. The van der Waals surface area contributed by atoms with Crippen molar-refractivity contribution >= 4 is 5.91 Å². The highest BCUT2D eigenvalue weighted by Gasteiger charge is 2.10. The third-order valence-corrected chi connectivity index (χ3v) is 3.52. The van der Waals surface area contributed by atoms with E-state index in [1.807, 2.05) is 42.5 Å². The second kappa shape index (κ2) is 7.48. The van der Waals surface area contributed by atoms with Crippen LogP contribution in [0.3, 0.4) is 0 Å². The predicted molar refractivity (Wildman–Crippen MR) is 84.6 cm³/mol. The minimum Gasteiger partial charge on any atom is -0.496 e. The van der Waals surface area contributed by atoms with E-state index in [9.17, 15) is 4.79 Å². The van der Waals surface area contributed by atoms with Gasteiger partial charge in [0.25, 0.3) is 0 Å². The van der Waals surface area contributed by atoms with Crippen molar-refractivity contribution in [2.45, 2.75) is 19.3 Å². The van der Waals surface area contributed by atoms with Gasteiger partial charge in [-0.05, 0) is 17.5 Å². The van der Waals surface area contributed by atoms with Crippen molar-refractivity contribution in [2.24, 2.45) is 0 Å². The minimum atomic E-state index is 0.0160. The zero-order valence-corrected chi connectivity index (χ0v) is 12.5. The van der Waals surface area contributed by atoms with Crippen LogP contribution in [0, 0.1) is 0 Å². The third kappa shape index (κ3) is 4.35. The summed E-state index contributed by atoms with van der Waals surface area (Å²) in [6.07, 6.45) is 0.339. The minimum absolute atomic E-state index is 0.0160. The summed E-state index contributed by atoms with van der Waals surface area (Å²) in [5.74, 6) is 1.07. The van der Waals surface area contributed by atoms with Crippen LogP contribution in [-0.2, 0) is 11.2 Å². The quantitative estimate of drug-likeness (QED) is 0.884. The summed E-state index contributed by atoms with van der Waals surface area (Å²) in [7, 11) is 1.62. The van der Waals surface area contributed by atoms with E-state index in [4.69, 9.17) is 4.74 Å². The molecular weight excluding hydrogens is 262 g/mol. The lowest BCUT2D eigenvalue weighted by atomic mass is 10.0. The van der Waals surface area contributed by atoms with Crippen LogP contribution < -0.4 is 10.1 Å². The van der Waals surface area contributed by atoms with Crippen LogP contribution in [0.15, 0.2) is 54.6 Å². The number of amides is 1. The first kappa shape index (κ1) is 15.1. The summed E-state index contributed by atoms with van der Waals surface area (Å²) >= 11 is 0. The number of para-hydroxylation sites is 1. The Morgan fingerprint density at radius 2 is 1.76 bits per heavy atom. The number of hydrogen-bond acceptors (Lipinski definition) is 2. The van der Waals surface area contributed by atoms with Gasteiger partial charge in [-0.2, -0.15) is 0 Å². The Labute approximate surface area is 126 Å². The van der Waals surface area contributed by atoms with E-state index in [0.717, 1.165) is 11.3 Å². The van der Waals surface area contributed by atoms with Crippen LogP contribution in [0.2, 0.25) is 0 Å². The molecule has 110 valence electrons. The normalized spacial score (nSPS) is 11.7. The second-order valence-electron chi connectivity index (χ2n) is 5.10. The summed E-state index contributed by atoms with van der Waals surface area (Å²) in [6.45, 7) is 2.75. The molecule has 0 aromatic heterocycles. The molecule has 1 N–H and O–H groups in total. The molecule has 1 atom stereocenters. The molecule has 0 aliphatic heterocycles. The monoisotopic (exact) mass is 283 g/mol. The highest BCUT2D eigenvalue weighted by molar-refractivity contribution is 5.79. The summed E-state index contributed by atoms with van der Waals surface area (Å²) < 4.78 is 5.26. The number of carbonyl (C=O) groups excluding carboxylic acids is 1. The van der Waals surface area contributed by atoms with Crippen molar-refractivity contribution in [3.05, 3.63) is 65.7 Å². The number of ether oxygens (including phenoxy) is 1. The maximum atomic E-state index is 12.0. The lowest BCUT2D eigenvalue weighted by molar-refractivity contribution is -0.120.